The summed E-state index contributed by atoms with van der Waals surface area (Å²) in [6, 6.07) is 6.50. The van der Waals surface area contributed by atoms with Gasteiger partial charge in [0.2, 0.25) is 0 Å². The van der Waals surface area contributed by atoms with Crippen molar-refractivity contribution in [1.29, 1.82) is 0 Å². The van der Waals surface area contributed by atoms with Gasteiger partial charge in [0.1, 0.15) is 6.61 Å². The Morgan fingerprint density at radius 2 is 2.12 bits per heavy atom. The lowest BCUT2D eigenvalue weighted by Crippen LogP contribution is -2.39. The average Bonchev–Trinajstić information content (AvgIpc) is 2.53. The molecule has 5 heteroatoms. The molecule has 0 spiro atoms. The summed E-state index contributed by atoms with van der Waals surface area (Å²) in [5, 5.41) is 7.06. The number of esters is 1. The summed E-state index contributed by atoms with van der Waals surface area (Å²) in [6.07, 6.45) is 6.17. The van der Waals surface area contributed by atoms with Crippen LogP contribution in [0.15, 0.2) is 30.4 Å². The molecule has 4 nitrogen and oxygen atoms in total. The minimum Gasteiger partial charge on any atom is -0.464 e. The lowest BCUT2D eigenvalue weighted by Gasteiger charge is -2.23. The number of thiocarbonyl (C=S) groups is 1. The van der Waals surface area contributed by atoms with Crippen LogP contribution in [0.25, 0.3) is 0 Å². The summed E-state index contributed by atoms with van der Waals surface area (Å²) in [7, 11) is 0. The van der Waals surface area contributed by atoms with Crippen molar-refractivity contribution in [2.45, 2.75) is 46.6 Å². The number of nitrogens with one attached hydrogen (secondary N) is 2. The second kappa shape index (κ2) is 10.8. The molecule has 24 heavy (non-hydrogen) atoms. The van der Waals surface area contributed by atoms with Crippen molar-refractivity contribution < 1.29 is 9.53 Å². The second-order valence-corrected chi connectivity index (χ2v) is 6.14. The fourth-order valence-corrected chi connectivity index (χ4v) is 2.70. The minimum absolute atomic E-state index is 0.148. The van der Waals surface area contributed by atoms with Gasteiger partial charge in [0.05, 0.1) is 12.6 Å². The maximum absolute atomic E-state index is 10.8. The van der Waals surface area contributed by atoms with Crippen molar-refractivity contribution in [1.82, 2.24) is 10.6 Å². The third kappa shape index (κ3) is 7.13. The molecule has 0 heterocycles. The summed E-state index contributed by atoms with van der Waals surface area (Å²) >= 11 is 5.38. The fraction of sp³-hybridized carbons (Fsp3) is 0.474. The van der Waals surface area contributed by atoms with E-state index in [-0.39, 0.29) is 12.0 Å². The number of rotatable bonds is 8. The third-order valence-corrected chi connectivity index (χ3v) is 4.14. The van der Waals surface area contributed by atoms with Crippen LogP contribution in [-0.2, 0) is 9.53 Å². The summed E-state index contributed by atoms with van der Waals surface area (Å²) in [5.74, 6) is -0.282. The number of aryl methyl sites for hydroxylation is 1. The van der Waals surface area contributed by atoms with E-state index in [1.807, 2.05) is 6.92 Å². The number of hydrogen-bond acceptors (Lipinski definition) is 3. The van der Waals surface area contributed by atoms with E-state index in [1.54, 1.807) is 0 Å². The van der Waals surface area contributed by atoms with Gasteiger partial charge in [-0.2, -0.15) is 0 Å². The first-order chi connectivity index (χ1) is 11.5. The van der Waals surface area contributed by atoms with Crippen molar-refractivity contribution in [3.63, 3.8) is 0 Å². The maximum atomic E-state index is 10.8. The van der Waals surface area contributed by atoms with E-state index in [1.165, 1.54) is 23.6 Å². The van der Waals surface area contributed by atoms with Crippen LogP contribution < -0.4 is 10.6 Å². The van der Waals surface area contributed by atoms with Gasteiger partial charge in [0.15, 0.2) is 5.11 Å². The van der Waals surface area contributed by atoms with Gasteiger partial charge in [-0.15, -0.1) is 0 Å². The molecular formula is C19H28N2O2S. The van der Waals surface area contributed by atoms with Crippen molar-refractivity contribution in [3.8, 4) is 0 Å². The number of carbonyl (C=O) groups excluding carboxylic acids is 1. The molecule has 0 aliphatic carbocycles. The van der Waals surface area contributed by atoms with Crippen LogP contribution in [0.2, 0.25) is 0 Å². The largest absolute Gasteiger partial charge is 0.464 e. The number of allylic oxidation sites excluding steroid dienone is 2. The van der Waals surface area contributed by atoms with E-state index >= 15 is 0 Å². The Bertz CT molecular complexity index is 585. The molecule has 2 N–H and O–H groups in total. The molecule has 0 fully saturated rings. The molecule has 132 valence electrons. The Kier molecular flexibility index (Phi) is 9.08. The zero-order chi connectivity index (χ0) is 17.9. The van der Waals surface area contributed by atoms with Gasteiger partial charge in [0, 0.05) is 6.92 Å². The molecule has 1 unspecified atom stereocenters. The van der Waals surface area contributed by atoms with Gasteiger partial charge in [-0.3, -0.25) is 4.79 Å². The highest BCUT2D eigenvalue weighted by molar-refractivity contribution is 7.80. The highest BCUT2D eigenvalue weighted by atomic mass is 32.1. The topological polar surface area (TPSA) is 50.4 Å². The van der Waals surface area contributed by atoms with E-state index in [2.05, 4.69) is 54.8 Å². The van der Waals surface area contributed by atoms with Gasteiger partial charge in [-0.1, -0.05) is 30.4 Å². The van der Waals surface area contributed by atoms with Gasteiger partial charge < -0.3 is 15.4 Å². The molecule has 0 aromatic heterocycles. The van der Waals surface area contributed by atoms with Crippen molar-refractivity contribution in [3.05, 3.63) is 47.0 Å². The molecule has 0 saturated carbocycles. The molecule has 0 bridgehead atoms. The number of benzene rings is 1. The average molecular weight is 349 g/mol. The van der Waals surface area contributed by atoms with Crippen molar-refractivity contribution >= 4 is 23.3 Å². The predicted octanol–water partition coefficient (Wildman–Crippen LogP) is 3.73. The van der Waals surface area contributed by atoms with E-state index in [9.17, 15) is 4.79 Å². The number of hydrogen-bond donors (Lipinski definition) is 2. The first-order valence-corrected chi connectivity index (χ1v) is 8.71. The lowest BCUT2D eigenvalue weighted by molar-refractivity contribution is -0.140. The van der Waals surface area contributed by atoms with E-state index in [0.29, 0.717) is 18.3 Å². The van der Waals surface area contributed by atoms with Crippen LogP contribution in [0.1, 0.15) is 49.4 Å². The molecule has 0 saturated heterocycles. The summed E-state index contributed by atoms with van der Waals surface area (Å²) in [6.45, 7) is 8.50. The van der Waals surface area contributed by atoms with Crippen LogP contribution in [0.5, 0.6) is 0 Å². The van der Waals surface area contributed by atoms with Crippen molar-refractivity contribution in [2.75, 3.05) is 13.2 Å². The molecule has 0 radical (unpaired) electrons. The van der Waals surface area contributed by atoms with Crippen LogP contribution >= 0.6 is 12.2 Å². The molecular weight excluding hydrogens is 320 g/mol. The number of ether oxygens (including phenoxy) is 1. The second-order valence-electron chi connectivity index (χ2n) is 5.73. The Morgan fingerprint density at radius 1 is 1.38 bits per heavy atom. The zero-order valence-electron chi connectivity index (χ0n) is 15.0. The van der Waals surface area contributed by atoms with Gasteiger partial charge in [-0.25, -0.2) is 0 Å². The molecule has 0 amide bonds. The molecule has 0 aliphatic heterocycles. The van der Waals surface area contributed by atoms with Crippen molar-refractivity contribution in [2.24, 2.45) is 0 Å². The molecule has 0 aliphatic rings. The SMILES string of the molecule is C/C=C/CCC(NC(=S)NCCOC(C)=O)c1cccc(C)c1C. The molecule has 1 aromatic rings. The molecule has 1 rings (SSSR count). The molecule has 1 atom stereocenters. The van der Waals surface area contributed by atoms with Gasteiger partial charge >= 0.3 is 5.97 Å². The summed E-state index contributed by atoms with van der Waals surface area (Å²) in [5.41, 5.74) is 3.83. The first kappa shape index (κ1) is 20.2. The first-order valence-electron chi connectivity index (χ1n) is 8.30. The van der Waals surface area contributed by atoms with Gasteiger partial charge in [0.25, 0.3) is 0 Å². The molecule has 1 aromatic carbocycles. The predicted molar refractivity (Wildman–Crippen MR) is 103 cm³/mol. The van der Waals surface area contributed by atoms with Crippen LogP contribution in [0, 0.1) is 13.8 Å². The van der Waals surface area contributed by atoms with Crippen LogP contribution in [0.4, 0.5) is 0 Å². The van der Waals surface area contributed by atoms with Gasteiger partial charge in [-0.05, 0) is 62.5 Å². The quantitative estimate of drug-likeness (QED) is 0.324. The van der Waals surface area contributed by atoms with Crippen LogP contribution in [0.3, 0.4) is 0 Å². The zero-order valence-corrected chi connectivity index (χ0v) is 15.8. The van der Waals surface area contributed by atoms with E-state index in [0.717, 1.165) is 12.8 Å². The highest BCUT2D eigenvalue weighted by Gasteiger charge is 2.15. The van der Waals surface area contributed by atoms with E-state index in [4.69, 9.17) is 17.0 Å². The Morgan fingerprint density at radius 3 is 2.79 bits per heavy atom. The maximum Gasteiger partial charge on any atom is 0.302 e. The summed E-state index contributed by atoms with van der Waals surface area (Å²) in [4.78, 5) is 10.8. The lowest BCUT2D eigenvalue weighted by atomic mass is 9.94. The standard InChI is InChI=1S/C19H28N2O2S/c1-5-6-7-11-18(17-10-8-9-14(2)15(17)3)21-19(24)20-12-13-23-16(4)22/h5-6,8-10,18H,7,11-13H2,1-4H3,(H2,20,21,24)/b6-5+. The highest BCUT2D eigenvalue weighted by Crippen LogP contribution is 2.24. The Labute approximate surface area is 150 Å². The third-order valence-electron chi connectivity index (χ3n) is 3.88. The van der Waals surface area contributed by atoms with E-state index < -0.39 is 0 Å². The normalized spacial score (nSPS) is 12.0. The fourth-order valence-electron chi connectivity index (χ4n) is 2.45. The Balaban J connectivity index is 2.70. The Hall–Kier alpha value is -1.88. The monoisotopic (exact) mass is 348 g/mol. The van der Waals surface area contributed by atoms with Crippen LogP contribution in [-0.4, -0.2) is 24.2 Å². The summed E-state index contributed by atoms with van der Waals surface area (Å²) < 4.78 is 4.90. The number of carbonyl (C=O) groups is 1. The minimum atomic E-state index is -0.282. The smallest absolute Gasteiger partial charge is 0.302 e.